The smallest absolute Gasteiger partial charge is 0.222 e. The van der Waals surface area contributed by atoms with Crippen LogP contribution in [-0.2, 0) is 7.05 Å². The molecule has 3 aromatic rings. The molecular weight excluding hydrogens is 331 g/mol. The molecule has 1 aromatic carbocycles. The predicted molar refractivity (Wildman–Crippen MR) is 84.7 cm³/mol. The number of hydrogen-bond acceptors (Lipinski definition) is 3. The highest BCUT2D eigenvalue weighted by atomic mass is 35.5. The summed E-state index contributed by atoms with van der Waals surface area (Å²) in [5, 5.41) is 5.60. The van der Waals surface area contributed by atoms with Gasteiger partial charge in [-0.15, -0.1) is 0 Å². The van der Waals surface area contributed by atoms with Gasteiger partial charge in [-0.25, -0.2) is 9.97 Å². The first-order valence-electron chi connectivity index (χ1n) is 6.02. The highest BCUT2D eigenvalue weighted by molar-refractivity contribution is 6.36. The van der Waals surface area contributed by atoms with Gasteiger partial charge in [-0.1, -0.05) is 23.2 Å². The van der Waals surface area contributed by atoms with Crippen molar-refractivity contribution >= 4 is 34.8 Å². The van der Waals surface area contributed by atoms with Crippen molar-refractivity contribution in [3.05, 3.63) is 52.0 Å². The summed E-state index contributed by atoms with van der Waals surface area (Å²) in [5.74, 6) is 0. The quantitative estimate of drug-likeness (QED) is 0.645. The Morgan fingerprint density at radius 2 is 1.86 bits per heavy atom. The lowest BCUT2D eigenvalue weighted by Crippen LogP contribution is -1.96. The van der Waals surface area contributed by atoms with E-state index in [4.69, 9.17) is 34.8 Å². The fourth-order valence-corrected chi connectivity index (χ4v) is 2.76. The van der Waals surface area contributed by atoms with Gasteiger partial charge in [-0.05, 0) is 35.9 Å². The Balaban J connectivity index is 2.22. The lowest BCUT2D eigenvalue weighted by molar-refractivity contribution is 0.776. The van der Waals surface area contributed by atoms with Gasteiger partial charge < -0.3 is 0 Å². The average Bonchev–Trinajstić information content (AvgIpc) is 2.81. The number of halogens is 3. The van der Waals surface area contributed by atoms with Crippen molar-refractivity contribution in [1.82, 2.24) is 19.7 Å². The monoisotopic (exact) mass is 338 g/mol. The van der Waals surface area contributed by atoms with E-state index in [1.807, 2.05) is 13.1 Å². The van der Waals surface area contributed by atoms with Crippen molar-refractivity contribution in [2.24, 2.45) is 7.05 Å². The Labute approximate surface area is 136 Å². The van der Waals surface area contributed by atoms with Crippen LogP contribution in [0.1, 0.15) is 0 Å². The van der Waals surface area contributed by atoms with Gasteiger partial charge in [-0.3, -0.25) is 4.68 Å². The first kappa shape index (κ1) is 14.3. The van der Waals surface area contributed by atoms with E-state index in [1.165, 1.54) is 0 Å². The average molecular weight is 340 g/mol. The second kappa shape index (κ2) is 5.64. The Hall–Kier alpha value is -1.62. The maximum absolute atomic E-state index is 6.30. The maximum Gasteiger partial charge on any atom is 0.222 e. The second-order valence-corrected chi connectivity index (χ2v) is 5.55. The standard InChI is InChI=1S/C14H9Cl3N4/c1-21-13(9-3-2-8(15)6-11(9)16)10(7-19-21)12-4-5-18-14(17)20-12/h2-7H,1H3. The van der Waals surface area contributed by atoms with E-state index in [2.05, 4.69) is 15.1 Å². The molecule has 106 valence electrons. The zero-order valence-corrected chi connectivity index (χ0v) is 13.2. The Morgan fingerprint density at radius 3 is 2.57 bits per heavy atom. The molecule has 0 amide bonds. The van der Waals surface area contributed by atoms with Crippen LogP contribution in [0.15, 0.2) is 36.7 Å². The van der Waals surface area contributed by atoms with Gasteiger partial charge >= 0.3 is 0 Å². The Bertz CT molecular complexity index is 814. The maximum atomic E-state index is 6.30. The molecule has 0 aliphatic heterocycles. The minimum Gasteiger partial charge on any atom is -0.267 e. The van der Waals surface area contributed by atoms with Crippen LogP contribution in [0.3, 0.4) is 0 Å². The van der Waals surface area contributed by atoms with Crippen molar-refractivity contribution in [3.8, 4) is 22.5 Å². The van der Waals surface area contributed by atoms with Crippen LogP contribution < -0.4 is 0 Å². The minimum atomic E-state index is 0.185. The van der Waals surface area contributed by atoms with E-state index in [0.717, 1.165) is 16.8 Å². The number of rotatable bonds is 2. The molecule has 0 saturated carbocycles. The molecular formula is C14H9Cl3N4. The first-order valence-corrected chi connectivity index (χ1v) is 7.16. The molecule has 0 saturated heterocycles. The van der Waals surface area contributed by atoms with E-state index in [1.54, 1.807) is 35.3 Å². The van der Waals surface area contributed by atoms with Crippen LogP contribution in [0.25, 0.3) is 22.5 Å². The zero-order valence-electron chi connectivity index (χ0n) is 10.9. The molecule has 21 heavy (non-hydrogen) atoms. The molecule has 0 unspecified atom stereocenters. The fourth-order valence-electron chi connectivity index (χ4n) is 2.11. The number of aryl methyl sites for hydroxylation is 1. The largest absolute Gasteiger partial charge is 0.267 e. The summed E-state index contributed by atoms with van der Waals surface area (Å²) in [7, 11) is 1.84. The molecule has 3 rings (SSSR count). The van der Waals surface area contributed by atoms with Gasteiger partial charge in [0.15, 0.2) is 0 Å². The topological polar surface area (TPSA) is 43.6 Å². The van der Waals surface area contributed by atoms with E-state index < -0.39 is 0 Å². The third kappa shape index (κ3) is 2.75. The summed E-state index contributed by atoms with van der Waals surface area (Å²) < 4.78 is 1.74. The van der Waals surface area contributed by atoms with E-state index in [9.17, 15) is 0 Å². The first-order chi connectivity index (χ1) is 10.1. The molecule has 2 aromatic heterocycles. The van der Waals surface area contributed by atoms with Crippen molar-refractivity contribution in [3.63, 3.8) is 0 Å². The van der Waals surface area contributed by atoms with E-state index in [-0.39, 0.29) is 5.28 Å². The SMILES string of the molecule is Cn1ncc(-c2ccnc(Cl)n2)c1-c1ccc(Cl)cc1Cl. The second-order valence-electron chi connectivity index (χ2n) is 4.37. The number of aromatic nitrogens is 4. The number of benzene rings is 1. The molecule has 0 fully saturated rings. The lowest BCUT2D eigenvalue weighted by Gasteiger charge is -2.08. The van der Waals surface area contributed by atoms with Crippen molar-refractivity contribution in [2.75, 3.05) is 0 Å². The Morgan fingerprint density at radius 1 is 1.05 bits per heavy atom. The third-order valence-corrected chi connectivity index (χ3v) is 3.76. The van der Waals surface area contributed by atoms with Crippen LogP contribution in [0.5, 0.6) is 0 Å². The highest BCUT2D eigenvalue weighted by Crippen LogP contribution is 2.36. The molecule has 0 atom stereocenters. The van der Waals surface area contributed by atoms with E-state index in [0.29, 0.717) is 15.7 Å². The zero-order chi connectivity index (χ0) is 15.0. The normalized spacial score (nSPS) is 10.9. The molecule has 0 aliphatic rings. The van der Waals surface area contributed by atoms with Gasteiger partial charge in [0.1, 0.15) is 0 Å². The van der Waals surface area contributed by atoms with Crippen LogP contribution >= 0.6 is 34.8 Å². The van der Waals surface area contributed by atoms with Crippen molar-refractivity contribution in [1.29, 1.82) is 0 Å². The van der Waals surface area contributed by atoms with Crippen molar-refractivity contribution in [2.45, 2.75) is 0 Å². The minimum absolute atomic E-state index is 0.185. The highest BCUT2D eigenvalue weighted by Gasteiger charge is 2.16. The van der Waals surface area contributed by atoms with Crippen LogP contribution in [0, 0.1) is 0 Å². The summed E-state index contributed by atoms with van der Waals surface area (Å²) in [6.45, 7) is 0. The molecule has 4 nitrogen and oxygen atoms in total. The number of hydrogen-bond donors (Lipinski definition) is 0. The molecule has 0 N–H and O–H groups in total. The third-order valence-electron chi connectivity index (χ3n) is 3.03. The van der Waals surface area contributed by atoms with Gasteiger partial charge in [0.2, 0.25) is 5.28 Å². The summed E-state index contributed by atoms with van der Waals surface area (Å²) in [6.07, 6.45) is 3.32. The summed E-state index contributed by atoms with van der Waals surface area (Å²) >= 11 is 18.1. The van der Waals surface area contributed by atoms with Gasteiger partial charge in [0.25, 0.3) is 0 Å². The fraction of sp³-hybridized carbons (Fsp3) is 0.0714. The summed E-state index contributed by atoms with van der Waals surface area (Å²) in [5.41, 5.74) is 3.17. The summed E-state index contributed by atoms with van der Waals surface area (Å²) in [4.78, 5) is 8.11. The van der Waals surface area contributed by atoms with Gasteiger partial charge in [0, 0.05) is 29.4 Å². The summed E-state index contributed by atoms with van der Waals surface area (Å²) in [6, 6.07) is 7.11. The Kier molecular flexibility index (Phi) is 3.85. The molecule has 0 spiro atoms. The van der Waals surface area contributed by atoms with Crippen LogP contribution in [-0.4, -0.2) is 19.7 Å². The molecule has 0 radical (unpaired) electrons. The lowest BCUT2D eigenvalue weighted by atomic mass is 10.1. The van der Waals surface area contributed by atoms with Crippen LogP contribution in [0.2, 0.25) is 15.3 Å². The van der Waals surface area contributed by atoms with E-state index >= 15 is 0 Å². The van der Waals surface area contributed by atoms with Crippen molar-refractivity contribution < 1.29 is 0 Å². The molecule has 2 heterocycles. The predicted octanol–water partition coefficient (Wildman–Crippen LogP) is 4.50. The van der Waals surface area contributed by atoms with Crippen LogP contribution in [0.4, 0.5) is 0 Å². The van der Waals surface area contributed by atoms with Gasteiger partial charge in [-0.2, -0.15) is 5.10 Å². The van der Waals surface area contributed by atoms with Gasteiger partial charge in [0.05, 0.1) is 22.6 Å². The number of nitrogens with zero attached hydrogens (tertiary/aromatic N) is 4. The molecule has 0 bridgehead atoms. The molecule has 7 heteroatoms. The molecule has 0 aliphatic carbocycles.